The topological polar surface area (TPSA) is 51.6 Å². The van der Waals surface area contributed by atoms with E-state index in [4.69, 9.17) is 15.0 Å². The van der Waals surface area contributed by atoms with E-state index in [1.165, 1.54) is 26.9 Å². The normalized spacial score (nSPS) is 11.5. The molecule has 6 aromatic carbocycles. The van der Waals surface area contributed by atoms with E-state index in [0.717, 1.165) is 55.6 Å². The Morgan fingerprint density at radius 2 is 0.891 bits per heavy atom. The van der Waals surface area contributed by atoms with Crippen LogP contribution in [0.3, 0.4) is 0 Å². The number of pyridine rings is 2. The summed E-state index contributed by atoms with van der Waals surface area (Å²) in [6, 6.07) is 50.4. The van der Waals surface area contributed by atoms with E-state index in [1.54, 1.807) is 0 Å². The van der Waals surface area contributed by atoms with Gasteiger partial charge in [-0.25, -0.2) is 15.0 Å². The van der Waals surface area contributed by atoms with E-state index in [1.807, 2.05) is 54.9 Å². The summed E-state index contributed by atoms with van der Waals surface area (Å²) in [4.78, 5) is 19.8. The number of hydrogen-bond acceptors (Lipinski definition) is 4. The van der Waals surface area contributed by atoms with Crippen molar-refractivity contribution in [3.8, 4) is 45.2 Å². The van der Waals surface area contributed by atoms with Gasteiger partial charge in [0, 0.05) is 50.8 Å². The molecule has 0 atom stereocenters. The molecule has 3 aromatic heterocycles. The van der Waals surface area contributed by atoms with Gasteiger partial charge in [-0.3, -0.25) is 4.98 Å². The molecule has 0 spiro atoms. The Labute approximate surface area is 265 Å². The maximum atomic E-state index is 5.27. The quantitative estimate of drug-likeness (QED) is 0.193. The van der Waals surface area contributed by atoms with Crippen LogP contribution in [-0.2, 0) is 0 Å². The Morgan fingerprint density at radius 3 is 1.50 bits per heavy atom. The van der Waals surface area contributed by atoms with Crippen molar-refractivity contribution in [2.24, 2.45) is 0 Å². The Kier molecular flexibility index (Phi) is 6.10. The number of fused-ring (bicyclic) bond motifs is 8. The van der Waals surface area contributed by atoms with Crippen LogP contribution in [0.1, 0.15) is 0 Å². The zero-order valence-electron chi connectivity index (χ0n) is 24.8. The summed E-state index contributed by atoms with van der Waals surface area (Å²) in [6.45, 7) is 0. The van der Waals surface area contributed by atoms with Gasteiger partial charge in [-0.05, 0) is 33.7 Å². The van der Waals surface area contributed by atoms with Gasteiger partial charge >= 0.3 is 0 Å². The molecule has 0 aliphatic rings. The molecule has 4 heteroatoms. The van der Waals surface area contributed by atoms with E-state index in [-0.39, 0.29) is 0 Å². The average Bonchev–Trinajstić information content (AvgIpc) is 3.15. The van der Waals surface area contributed by atoms with Gasteiger partial charge in [-0.15, -0.1) is 0 Å². The Hall–Kier alpha value is -6.26. The van der Waals surface area contributed by atoms with Gasteiger partial charge in [-0.1, -0.05) is 133 Å². The fourth-order valence-electron chi connectivity index (χ4n) is 6.60. The van der Waals surface area contributed by atoms with Crippen LogP contribution in [0.15, 0.2) is 158 Å². The highest BCUT2D eigenvalue weighted by atomic mass is 14.9. The molecule has 0 fully saturated rings. The van der Waals surface area contributed by atoms with E-state index in [0.29, 0.717) is 5.82 Å². The Morgan fingerprint density at radius 1 is 0.370 bits per heavy atom. The molecule has 3 heterocycles. The van der Waals surface area contributed by atoms with E-state index < -0.39 is 0 Å². The lowest BCUT2D eigenvalue weighted by atomic mass is 9.90. The maximum absolute atomic E-state index is 5.27. The van der Waals surface area contributed by atoms with Crippen LogP contribution < -0.4 is 0 Å². The third-order valence-corrected chi connectivity index (χ3v) is 8.75. The van der Waals surface area contributed by atoms with E-state index in [9.17, 15) is 0 Å². The molecular formula is C42H26N4. The third-order valence-electron chi connectivity index (χ3n) is 8.75. The zero-order chi connectivity index (χ0) is 30.5. The predicted octanol–water partition coefficient (Wildman–Crippen LogP) is 10.5. The lowest BCUT2D eigenvalue weighted by Crippen LogP contribution is -1.96. The third kappa shape index (κ3) is 4.31. The fourth-order valence-corrected chi connectivity index (χ4v) is 6.60. The second kappa shape index (κ2) is 10.7. The number of hydrogen-bond donors (Lipinski definition) is 0. The smallest absolute Gasteiger partial charge is 0.160 e. The molecule has 0 bridgehead atoms. The number of aromatic nitrogens is 4. The largest absolute Gasteiger partial charge is 0.264 e. The predicted molar refractivity (Wildman–Crippen MR) is 189 cm³/mol. The SMILES string of the molecule is c1ccc(-c2cc(-c3ccccc3)nc(-c3ccc(-c4nc5ccncc5c5c6ccccc6c6ccccc6c45)cc3)n2)cc1. The minimum absolute atomic E-state index is 0.686. The average molecular weight is 587 g/mol. The summed E-state index contributed by atoms with van der Waals surface area (Å²) in [5.41, 5.74) is 7.75. The van der Waals surface area contributed by atoms with Gasteiger partial charge < -0.3 is 0 Å². The van der Waals surface area contributed by atoms with Crippen molar-refractivity contribution in [1.29, 1.82) is 0 Å². The van der Waals surface area contributed by atoms with Gasteiger partial charge in [0.05, 0.1) is 22.6 Å². The summed E-state index contributed by atoms with van der Waals surface area (Å²) >= 11 is 0. The summed E-state index contributed by atoms with van der Waals surface area (Å²) < 4.78 is 0. The first-order valence-electron chi connectivity index (χ1n) is 15.4. The summed E-state index contributed by atoms with van der Waals surface area (Å²) in [5, 5.41) is 8.20. The first-order valence-corrected chi connectivity index (χ1v) is 15.4. The Bertz CT molecular complexity index is 2500. The summed E-state index contributed by atoms with van der Waals surface area (Å²) in [6.07, 6.45) is 3.76. The minimum atomic E-state index is 0.686. The van der Waals surface area contributed by atoms with Crippen molar-refractivity contribution in [1.82, 2.24) is 19.9 Å². The molecule has 0 aliphatic carbocycles. The monoisotopic (exact) mass is 586 g/mol. The molecule has 0 radical (unpaired) electrons. The molecule has 0 saturated heterocycles. The second-order valence-corrected chi connectivity index (χ2v) is 11.5. The molecule has 9 aromatic rings. The van der Waals surface area contributed by atoms with Crippen molar-refractivity contribution in [3.63, 3.8) is 0 Å². The van der Waals surface area contributed by atoms with Crippen LogP contribution in [0.2, 0.25) is 0 Å². The lowest BCUT2D eigenvalue weighted by Gasteiger charge is -2.16. The van der Waals surface area contributed by atoms with Crippen molar-refractivity contribution < 1.29 is 0 Å². The van der Waals surface area contributed by atoms with Crippen LogP contribution in [0, 0.1) is 0 Å². The molecule has 0 N–H and O–H groups in total. The zero-order valence-corrected chi connectivity index (χ0v) is 24.8. The maximum Gasteiger partial charge on any atom is 0.160 e. The first kappa shape index (κ1) is 26.2. The molecule has 46 heavy (non-hydrogen) atoms. The second-order valence-electron chi connectivity index (χ2n) is 11.5. The van der Waals surface area contributed by atoms with Crippen LogP contribution in [0.25, 0.3) is 88.4 Å². The van der Waals surface area contributed by atoms with E-state index in [2.05, 4.69) is 108 Å². The van der Waals surface area contributed by atoms with Crippen LogP contribution in [-0.4, -0.2) is 19.9 Å². The minimum Gasteiger partial charge on any atom is -0.264 e. The van der Waals surface area contributed by atoms with Crippen molar-refractivity contribution in [3.05, 3.63) is 158 Å². The van der Waals surface area contributed by atoms with Gasteiger partial charge in [-0.2, -0.15) is 0 Å². The van der Waals surface area contributed by atoms with Crippen molar-refractivity contribution in [2.75, 3.05) is 0 Å². The Balaban J connectivity index is 1.26. The van der Waals surface area contributed by atoms with Gasteiger partial charge in [0.25, 0.3) is 0 Å². The van der Waals surface area contributed by atoms with Crippen LogP contribution >= 0.6 is 0 Å². The highest BCUT2D eigenvalue weighted by Gasteiger charge is 2.18. The summed E-state index contributed by atoms with van der Waals surface area (Å²) in [7, 11) is 0. The van der Waals surface area contributed by atoms with Crippen LogP contribution in [0.5, 0.6) is 0 Å². The van der Waals surface area contributed by atoms with E-state index >= 15 is 0 Å². The first-order chi connectivity index (χ1) is 22.8. The fraction of sp³-hybridized carbons (Fsp3) is 0. The molecular weight excluding hydrogens is 560 g/mol. The van der Waals surface area contributed by atoms with Crippen LogP contribution in [0.4, 0.5) is 0 Å². The molecule has 9 rings (SSSR count). The summed E-state index contributed by atoms with van der Waals surface area (Å²) in [5.74, 6) is 0.686. The number of rotatable bonds is 4. The molecule has 0 saturated carbocycles. The number of nitrogens with zero attached hydrogens (tertiary/aromatic N) is 4. The van der Waals surface area contributed by atoms with Crippen molar-refractivity contribution in [2.45, 2.75) is 0 Å². The van der Waals surface area contributed by atoms with Crippen molar-refractivity contribution >= 4 is 43.2 Å². The standard InChI is InChI=1S/C42H26N4/c1-3-11-27(12-4-1)37-25-38(28-13-5-2-6-14-28)46-42(45-37)30-21-19-29(20-22-30)41-40-34-18-10-8-16-32(34)31-15-7-9-17-33(31)39(40)35-26-43-24-23-36(35)44-41/h1-26H. The highest BCUT2D eigenvalue weighted by Crippen LogP contribution is 2.42. The molecule has 0 aliphatic heterocycles. The highest BCUT2D eigenvalue weighted by molar-refractivity contribution is 6.33. The molecule has 0 amide bonds. The molecule has 0 unspecified atom stereocenters. The van der Waals surface area contributed by atoms with Gasteiger partial charge in [0.15, 0.2) is 5.82 Å². The molecule has 214 valence electrons. The van der Waals surface area contributed by atoms with Gasteiger partial charge in [0.2, 0.25) is 0 Å². The molecule has 4 nitrogen and oxygen atoms in total. The lowest BCUT2D eigenvalue weighted by molar-refractivity contribution is 1.18. The number of benzene rings is 6. The van der Waals surface area contributed by atoms with Gasteiger partial charge in [0.1, 0.15) is 0 Å².